The largest absolute Gasteiger partial charge is 0.275 e. The van der Waals surface area contributed by atoms with Crippen LogP contribution in [0.5, 0.6) is 0 Å². The number of hydrogen-bond donors (Lipinski definition) is 0. The van der Waals surface area contributed by atoms with Gasteiger partial charge in [0, 0.05) is 0 Å². The Morgan fingerprint density at radius 1 is 1.67 bits per heavy atom. The van der Waals surface area contributed by atoms with Crippen LogP contribution in [0.3, 0.4) is 0 Å². The molecule has 0 saturated carbocycles. The van der Waals surface area contributed by atoms with Crippen LogP contribution in [0.2, 0.25) is 0 Å². The zero-order valence-corrected chi connectivity index (χ0v) is 6.47. The summed E-state index contributed by atoms with van der Waals surface area (Å²) < 4.78 is 12.7. The minimum absolute atomic E-state index is 0.0887. The standard InChI is InChI=1S/C7H2ClFN2O/c8-6(12)5-2-1-4(3-10)11-7(5)9/h1-2H. The third kappa shape index (κ3) is 1.57. The van der Waals surface area contributed by atoms with Crippen LogP contribution in [0.15, 0.2) is 12.1 Å². The number of pyridine rings is 1. The molecule has 0 atom stereocenters. The van der Waals surface area contributed by atoms with Crippen molar-refractivity contribution in [3.63, 3.8) is 0 Å². The van der Waals surface area contributed by atoms with E-state index in [0.29, 0.717) is 0 Å². The van der Waals surface area contributed by atoms with Crippen molar-refractivity contribution in [2.24, 2.45) is 0 Å². The normalized spacial score (nSPS) is 9.08. The van der Waals surface area contributed by atoms with Crippen LogP contribution < -0.4 is 0 Å². The summed E-state index contributed by atoms with van der Waals surface area (Å²) in [5.74, 6) is -1.02. The number of rotatable bonds is 1. The monoisotopic (exact) mass is 184 g/mol. The smallest absolute Gasteiger partial charge is 0.257 e. The number of halogens is 2. The highest BCUT2D eigenvalue weighted by molar-refractivity contribution is 6.67. The first-order valence-electron chi connectivity index (χ1n) is 2.91. The van der Waals surface area contributed by atoms with Crippen molar-refractivity contribution in [3.05, 3.63) is 29.3 Å². The summed E-state index contributed by atoms with van der Waals surface area (Å²) in [6.07, 6.45) is 0. The Morgan fingerprint density at radius 3 is 2.75 bits per heavy atom. The van der Waals surface area contributed by atoms with Gasteiger partial charge in [0.05, 0.1) is 5.56 Å². The van der Waals surface area contributed by atoms with Crippen LogP contribution in [0.4, 0.5) is 4.39 Å². The molecule has 0 bridgehead atoms. The lowest BCUT2D eigenvalue weighted by Gasteiger charge is -1.94. The molecular weight excluding hydrogens is 183 g/mol. The average molecular weight is 185 g/mol. The molecule has 12 heavy (non-hydrogen) atoms. The zero-order chi connectivity index (χ0) is 9.14. The molecule has 60 valence electrons. The van der Waals surface area contributed by atoms with Crippen LogP contribution in [-0.4, -0.2) is 10.2 Å². The minimum atomic E-state index is -1.02. The maximum Gasteiger partial charge on any atom is 0.257 e. The first kappa shape index (κ1) is 8.62. The van der Waals surface area contributed by atoms with E-state index in [-0.39, 0.29) is 11.3 Å². The van der Waals surface area contributed by atoms with E-state index in [2.05, 4.69) is 4.98 Å². The first-order valence-corrected chi connectivity index (χ1v) is 3.29. The highest BCUT2D eigenvalue weighted by Crippen LogP contribution is 2.08. The number of carbonyl (C=O) groups is 1. The summed E-state index contributed by atoms with van der Waals surface area (Å²) in [4.78, 5) is 13.6. The van der Waals surface area contributed by atoms with E-state index in [1.54, 1.807) is 6.07 Å². The second-order valence-corrected chi connectivity index (χ2v) is 2.26. The summed E-state index contributed by atoms with van der Waals surface area (Å²) in [5, 5.41) is 7.37. The molecule has 1 rings (SSSR count). The summed E-state index contributed by atoms with van der Waals surface area (Å²) >= 11 is 5.00. The predicted molar refractivity (Wildman–Crippen MR) is 39.1 cm³/mol. The Kier molecular flexibility index (Phi) is 2.36. The number of nitrogens with zero attached hydrogens (tertiary/aromatic N) is 2. The molecule has 0 aromatic carbocycles. The van der Waals surface area contributed by atoms with Crippen molar-refractivity contribution in [1.29, 1.82) is 5.26 Å². The molecular formula is C7H2ClFN2O. The third-order valence-electron chi connectivity index (χ3n) is 1.18. The molecule has 0 aliphatic heterocycles. The fourth-order valence-corrected chi connectivity index (χ4v) is 0.784. The second kappa shape index (κ2) is 3.28. The van der Waals surface area contributed by atoms with E-state index in [1.807, 2.05) is 0 Å². The molecule has 1 heterocycles. The van der Waals surface area contributed by atoms with Gasteiger partial charge in [0.2, 0.25) is 5.95 Å². The van der Waals surface area contributed by atoms with Gasteiger partial charge in [-0.05, 0) is 23.7 Å². The Hall–Kier alpha value is -1.47. The van der Waals surface area contributed by atoms with Crippen molar-refractivity contribution >= 4 is 16.8 Å². The quantitative estimate of drug-likeness (QED) is 0.491. The zero-order valence-electron chi connectivity index (χ0n) is 5.71. The highest BCUT2D eigenvalue weighted by atomic mass is 35.5. The van der Waals surface area contributed by atoms with Crippen molar-refractivity contribution in [2.75, 3.05) is 0 Å². The van der Waals surface area contributed by atoms with Gasteiger partial charge in [0.15, 0.2) is 0 Å². The summed E-state index contributed by atoms with van der Waals surface area (Å²) in [6.45, 7) is 0. The maximum atomic E-state index is 12.7. The number of hydrogen-bond acceptors (Lipinski definition) is 3. The molecule has 0 spiro atoms. The molecule has 0 amide bonds. The average Bonchev–Trinajstić information content (AvgIpc) is 2.03. The molecule has 0 N–H and O–H groups in total. The van der Waals surface area contributed by atoms with Gasteiger partial charge < -0.3 is 0 Å². The van der Waals surface area contributed by atoms with E-state index in [1.165, 1.54) is 6.07 Å². The van der Waals surface area contributed by atoms with Crippen molar-refractivity contribution in [3.8, 4) is 6.07 Å². The van der Waals surface area contributed by atoms with E-state index in [4.69, 9.17) is 16.9 Å². The predicted octanol–water partition coefficient (Wildman–Crippen LogP) is 1.47. The minimum Gasteiger partial charge on any atom is -0.275 e. The summed E-state index contributed by atoms with van der Waals surface area (Å²) in [7, 11) is 0. The number of aromatic nitrogens is 1. The van der Waals surface area contributed by atoms with Gasteiger partial charge in [0.1, 0.15) is 11.8 Å². The lowest BCUT2D eigenvalue weighted by Crippen LogP contribution is -1.98. The van der Waals surface area contributed by atoms with Gasteiger partial charge in [0.25, 0.3) is 5.24 Å². The molecule has 0 fully saturated rings. The van der Waals surface area contributed by atoms with Gasteiger partial charge in [-0.3, -0.25) is 4.79 Å². The van der Waals surface area contributed by atoms with Gasteiger partial charge in [-0.25, -0.2) is 4.98 Å². The lowest BCUT2D eigenvalue weighted by atomic mass is 10.3. The van der Waals surface area contributed by atoms with Gasteiger partial charge in [-0.1, -0.05) is 0 Å². The van der Waals surface area contributed by atoms with E-state index < -0.39 is 11.2 Å². The molecule has 0 saturated heterocycles. The molecule has 5 heteroatoms. The third-order valence-corrected chi connectivity index (χ3v) is 1.38. The van der Waals surface area contributed by atoms with Crippen molar-refractivity contribution < 1.29 is 9.18 Å². The van der Waals surface area contributed by atoms with E-state index in [0.717, 1.165) is 6.07 Å². The van der Waals surface area contributed by atoms with Crippen LogP contribution in [0.25, 0.3) is 0 Å². The van der Waals surface area contributed by atoms with Crippen molar-refractivity contribution in [2.45, 2.75) is 0 Å². The van der Waals surface area contributed by atoms with Crippen molar-refractivity contribution in [1.82, 2.24) is 4.98 Å². The Balaban J connectivity index is 3.23. The molecule has 0 radical (unpaired) electrons. The molecule has 3 nitrogen and oxygen atoms in total. The second-order valence-electron chi connectivity index (χ2n) is 1.92. The summed E-state index contributed by atoms with van der Waals surface area (Å²) in [5.41, 5.74) is -0.412. The van der Waals surface area contributed by atoms with Crippen LogP contribution in [-0.2, 0) is 0 Å². The van der Waals surface area contributed by atoms with Gasteiger partial charge in [-0.2, -0.15) is 9.65 Å². The van der Waals surface area contributed by atoms with Crippen LogP contribution in [0, 0.1) is 17.3 Å². The number of carbonyl (C=O) groups excluding carboxylic acids is 1. The molecule has 0 aliphatic rings. The maximum absolute atomic E-state index is 12.7. The van der Waals surface area contributed by atoms with Crippen LogP contribution >= 0.6 is 11.6 Å². The summed E-state index contributed by atoms with van der Waals surface area (Å²) in [6, 6.07) is 3.97. The highest BCUT2D eigenvalue weighted by Gasteiger charge is 2.10. The fraction of sp³-hybridized carbons (Fsp3) is 0. The Bertz CT molecular complexity index is 372. The van der Waals surface area contributed by atoms with E-state index in [9.17, 15) is 9.18 Å². The fourth-order valence-electron chi connectivity index (χ4n) is 0.643. The first-order chi connectivity index (χ1) is 5.65. The molecule has 1 aromatic heterocycles. The lowest BCUT2D eigenvalue weighted by molar-refractivity contribution is 0.107. The van der Waals surface area contributed by atoms with Gasteiger partial charge >= 0.3 is 0 Å². The number of nitriles is 1. The SMILES string of the molecule is N#Cc1ccc(C(=O)Cl)c(F)n1. The Labute approximate surface area is 72.4 Å². The molecule has 0 unspecified atom stereocenters. The molecule has 0 aliphatic carbocycles. The molecule has 1 aromatic rings. The topological polar surface area (TPSA) is 53.8 Å². The van der Waals surface area contributed by atoms with Gasteiger partial charge in [-0.15, -0.1) is 0 Å². The van der Waals surface area contributed by atoms with E-state index >= 15 is 0 Å². The Morgan fingerprint density at radius 2 is 2.33 bits per heavy atom. The van der Waals surface area contributed by atoms with Crippen LogP contribution in [0.1, 0.15) is 16.1 Å².